The number of aromatic nitrogens is 2. The van der Waals surface area contributed by atoms with Gasteiger partial charge in [0.2, 0.25) is 0 Å². The van der Waals surface area contributed by atoms with Crippen LogP contribution in [0.25, 0.3) is 10.4 Å². The Bertz CT molecular complexity index is 1210. The summed E-state index contributed by atoms with van der Waals surface area (Å²) in [6, 6.07) is -1.16. The highest BCUT2D eigenvalue weighted by atomic mass is 32.1. The number of amides is 2. The highest BCUT2D eigenvalue weighted by molar-refractivity contribution is 7.17. The van der Waals surface area contributed by atoms with Gasteiger partial charge >= 0.3 is 6.18 Å². The molecule has 0 radical (unpaired) electrons. The summed E-state index contributed by atoms with van der Waals surface area (Å²) in [5.74, 6) is -1.58. The zero-order chi connectivity index (χ0) is 28.7. The van der Waals surface area contributed by atoms with E-state index in [1.165, 1.54) is 20.8 Å². The predicted molar refractivity (Wildman–Crippen MR) is 135 cm³/mol. The van der Waals surface area contributed by atoms with Gasteiger partial charge in [-0.1, -0.05) is 6.92 Å². The fourth-order valence-corrected chi connectivity index (χ4v) is 6.00. The number of carbonyl (C=O) groups excluding carboxylic acids is 2. The van der Waals surface area contributed by atoms with Gasteiger partial charge in [-0.2, -0.15) is 13.2 Å². The van der Waals surface area contributed by atoms with Crippen LogP contribution in [0.5, 0.6) is 0 Å². The van der Waals surface area contributed by atoms with Crippen LogP contribution in [0.2, 0.25) is 0 Å². The Morgan fingerprint density at radius 3 is 2.31 bits per heavy atom. The average molecular weight is 576 g/mol. The first-order valence-corrected chi connectivity index (χ1v) is 13.5. The number of fused-ring (bicyclic) bond motifs is 2. The largest absolute Gasteiger partial charge is 0.408 e. The second kappa shape index (κ2) is 11.0. The molecule has 39 heavy (non-hydrogen) atoms. The van der Waals surface area contributed by atoms with E-state index in [0.29, 0.717) is 11.3 Å². The van der Waals surface area contributed by atoms with E-state index in [0.717, 1.165) is 37.9 Å². The van der Waals surface area contributed by atoms with Gasteiger partial charge in [0.15, 0.2) is 5.01 Å². The van der Waals surface area contributed by atoms with Crippen LogP contribution in [0.3, 0.4) is 0 Å². The molecule has 0 unspecified atom stereocenters. The third-order valence-electron chi connectivity index (χ3n) is 6.93. The van der Waals surface area contributed by atoms with Crippen molar-refractivity contribution < 1.29 is 36.6 Å². The topological polar surface area (TPSA) is 107 Å². The van der Waals surface area contributed by atoms with Crippen LogP contribution < -0.4 is 10.6 Å². The summed E-state index contributed by atoms with van der Waals surface area (Å²) in [4.78, 5) is 36.3. The van der Waals surface area contributed by atoms with E-state index < -0.39 is 47.4 Å². The number of nitrogens with zero attached hydrogens (tertiary/aromatic N) is 3. The van der Waals surface area contributed by atoms with Crippen LogP contribution in [0, 0.1) is 0 Å². The highest BCUT2D eigenvalue weighted by Crippen LogP contribution is 2.42. The lowest BCUT2D eigenvalue weighted by atomic mass is 10.0. The molecule has 2 aromatic heterocycles. The van der Waals surface area contributed by atoms with Gasteiger partial charge < -0.3 is 20.6 Å². The number of alkyl halides is 5. The van der Waals surface area contributed by atoms with Crippen molar-refractivity contribution in [2.45, 2.75) is 89.2 Å². The molecule has 8 nitrogen and oxygen atoms in total. The van der Waals surface area contributed by atoms with Gasteiger partial charge in [-0.25, -0.2) is 18.7 Å². The normalized spacial score (nSPS) is 20.0. The number of hydrogen-bond acceptors (Lipinski definition) is 7. The first-order valence-electron chi connectivity index (χ1n) is 12.7. The van der Waals surface area contributed by atoms with Crippen molar-refractivity contribution in [2.24, 2.45) is 0 Å². The summed E-state index contributed by atoms with van der Waals surface area (Å²) in [7, 11) is 0. The minimum Gasteiger partial charge on any atom is -0.389 e. The minimum atomic E-state index is -4.61. The standard InChI is InChI=1S/C25H30F5N5O3S/c1-4-16(25(28,29)30)33-17-9-14(20(26)27)15(10-31-17)19-18(23(37)35-12-5-6-13(35)8-7-12)34-22(39-19)21(36)32-11-24(2,3)38/h9-10,12-13,16,20,38H,4-8,11H2,1-3H3,(H,31,33)(H,32,36)/t12?,13?,16-/m0/s1. The van der Waals surface area contributed by atoms with Gasteiger partial charge in [-0.3, -0.25) is 9.59 Å². The van der Waals surface area contributed by atoms with Crippen molar-refractivity contribution in [1.82, 2.24) is 20.2 Å². The van der Waals surface area contributed by atoms with Crippen molar-refractivity contribution in [3.8, 4) is 10.4 Å². The van der Waals surface area contributed by atoms with Gasteiger partial charge in [-0.05, 0) is 52.0 Å². The molecule has 1 atom stereocenters. The fourth-order valence-electron chi connectivity index (χ4n) is 5.00. The molecule has 0 aliphatic carbocycles. The Hall–Kier alpha value is -2.87. The molecule has 2 aliphatic rings. The van der Waals surface area contributed by atoms with Crippen molar-refractivity contribution >= 4 is 29.0 Å². The fraction of sp³-hybridized carbons (Fsp3) is 0.600. The molecule has 2 fully saturated rings. The summed E-state index contributed by atoms with van der Waals surface area (Å²) in [5, 5.41) is 14.4. The Morgan fingerprint density at radius 1 is 1.18 bits per heavy atom. The van der Waals surface area contributed by atoms with Crippen LogP contribution >= 0.6 is 11.3 Å². The van der Waals surface area contributed by atoms with Gasteiger partial charge in [0.05, 0.1) is 10.5 Å². The summed E-state index contributed by atoms with van der Waals surface area (Å²) in [5.41, 5.74) is -2.25. The number of nitrogens with one attached hydrogen (secondary N) is 2. The quantitative estimate of drug-likeness (QED) is 0.357. The maximum absolute atomic E-state index is 14.2. The van der Waals surface area contributed by atoms with Crippen LogP contribution in [0.15, 0.2) is 12.3 Å². The van der Waals surface area contributed by atoms with Crippen LogP contribution in [0.1, 0.15) is 85.2 Å². The minimum absolute atomic E-state index is 0.00266. The first kappa shape index (κ1) is 29.1. The number of pyridine rings is 1. The van der Waals surface area contributed by atoms with E-state index in [-0.39, 0.29) is 46.2 Å². The molecule has 2 aliphatic heterocycles. The van der Waals surface area contributed by atoms with Crippen LogP contribution in [-0.2, 0) is 0 Å². The second-order valence-electron chi connectivity index (χ2n) is 10.5. The summed E-state index contributed by atoms with van der Waals surface area (Å²) >= 11 is 0.715. The molecule has 4 heterocycles. The Morgan fingerprint density at radius 2 is 1.79 bits per heavy atom. The number of thiazole rings is 1. The van der Waals surface area contributed by atoms with Gasteiger partial charge in [-0.15, -0.1) is 11.3 Å². The third kappa shape index (κ3) is 6.32. The SMILES string of the molecule is CC[C@H](Nc1cc(C(F)F)c(-c2sc(C(=O)NCC(C)(C)O)nc2C(=O)N2C3CCC2CC3)cn1)C(F)(F)F. The van der Waals surface area contributed by atoms with E-state index in [4.69, 9.17) is 0 Å². The molecule has 214 valence electrons. The molecule has 4 rings (SSSR count). The number of carbonyl (C=O) groups is 2. The molecular weight excluding hydrogens is 545 g/mol. The molecule has 0 spiro atoms. The second-order valence-corrected chi connectivity index (χ2v) is 11.5. The van der Waals surface area contributed by atoms with E-state index in [1.54, 1.807) is 4.90 Å². The molecular formula is C25H30F5N5O3S. The van der Waals surface area contributed by atoms with E-state index in [1.807, 2.05) is 0 Å². The number of rotatable bonds is 9. The first-order chi connectivity index (χ1) is 18.2. The molecule has 2 saturated heterocycles. The molecule has 2 bridgehead atoms. The lowest BCUT2D eigenvalue weighted by molar-refractivity contribution is -0.142. The van der Waals surface area contributed by atoms with Crippen molar-refractivity contribution in [3.05, 3.63) is 28.5 Å². The zero-order valence-corrected chi connectivity index (χ0v) is 22.4. The molecule has 2 amide bonds. The monoisotopic (exact) mass is 575 g/mol. The number of aliphatic hydroxyl groups is 1. The maximum Gasteiger partial charge on any atom is 0.408 e. The van der Waals surface area contributed by atoms with Crippen molar-refractivity contribution in [3.63, 3.8) is 0 Å². The Balaban J connectivity index is 1.76. The number of halogens is 5. The zero-order valence-electron chi connectivity index (χ0n) is 21.6. The summed E-state index contributed by atoms with van der Waals surface area (Å²) in [6.45, 7) is 4.15. The lowest BCUT2D eigenvalue weighted by Crippen LogP contribution is -2.38. The molecule has 14 heteroatoms. The van der Waals surface area contributed by atoms with Gasteiger partial charge in [0.25, 0.3) is 18.2 Å². The van der Waals surface area contributed by atoms with E-state index in [2.05, 4.69) is 20.6 Å². The smallest absolute Gasteiger partial charge is 0.389 e. The van der Waals surface area contributed by atoms with Crippen molar-refractivity contribution in [2.75, 3.05) is 11.9 Å². The number of anilines is 1. The molecule has 0 saturated carbocycles. The number of hydrogen-bond donors (Lipinski definition) is 3. The summed E-state index contributed by atoms with van der Waals surface area (Å²) < 4.78 is 68.2. The molecule has 2 aromatic rings. The van der Waals surface area contributed by atoms with E-state index in [9.17, 15) is 36.6 Å². The Labute approximate surface area is 226 Å². The molecule has 3 N–H and O–H groups in total. The lowest BCUT2D eigenvalue weighted by Gasteiger charge is -2.22. The maximum atomic E-state index is 14.2. The average Bonchev–Trinajstić information content (AvgIpc) is 3.58. The predicted octanol–water partition coefficient (Wildman–Crippen LogP) is 5.16. The van der Waals surface area contributed by atoms with Crippen LogP contribution in [0.4, 0.5) is 27.8 Å². The Kier molecular flexibility index (Phi) is 8.18. The van der Waals surface area contributed by atoms with E-state index >= 15 is 0 Å². The van der Waals surface area contributed by atoms with Gasteiger partial charge in [0.1, 0.15) is 17.6 Å². The highest BCUT2D eigenvalue weighted by Gasteiger charge is 2.44. The van der Waals surface area contributed by atoms with Crippen LogP contribution in [-0.4, -0.2) is 68.2 Å². The molecule has 0 aromatic carbocycles. The summed E-state index contributed by atoms with van der Waals surface area (Å²) in [6.07, 6.45) is -3.82. The third-order valence-corrected chi connectivity index (χ3v) is 8.02. The van der Waals surface area contributed by atoms with Crippen molar-refractivity contribution in [1.29, 1.82) is 0 Å². The van der Waals surface area contributed by atoms with Gasteiger partial charge in [0, 0.05) is 36.0 Å².